The van der Waals surface area contributed by atoms with Crippen LogP contribution in [0.1, 0.15) is 38.2 Å². The van der Waals surface area contributed by atoms with Gasteiger partial charge in [0.2, 0.25) is 5.91 Å². The standard InChI is InChI=1S/C16H18F3NO2/c1-14(22)7-2-8-15(14)9-10-20(13(15)21)12-5-3-11(4-6-12)16(17,18)19/h3-6,22H,2,7-10H2,1H3/t14-,15+/m1/s1. The topological polar surface area (TPSA) is 40.5 Å². The first-order valence-electron chi connectivity index (χ1n) is 7.39. The van der Waals surface area contributed by atoms with E-state index in [2.05, 4.69) is 0 Å². The molecule has 0 bridgehead atoms. The number of nitrogens with zero attached hydrogens (tertiary/aromatic N) is 1. The SMILES string of the molecule is C[C@@]1(O)CCC[C@@]12CCN(c1ccc(C(F)(F)F)cc1)C2=O. The van der Waals surface area contributed by atoms with Gasteiger partial charge in [0.25, 0.3) is 0 Å². The number of carbonyl (C=O) groups is 1. The highest BCUT2D eigenvalue weighted by atomic mass is 19.4. The lowest BCUT2D eigenvalue weighted by molar-refractivity contribution is -0.138. The van der Waals surface area contributed by atoms with E-state index in [1.165, 1.54) is 17.0 Å². The van der Waals surface area contributed by atoms with Crippen LogP contribution < -0.4 is 4.90 Å². The van der Waals surface area contributed by atoms with Crippen molar-refractivity contribution in [3.63, 3.8) is 0 Å². The molecule has 1 saturated heterocycles. The molecule has 2 atom stereocenters. The molecule has 1 saturated carbocycles. The predicted octanol–water partition coefficient (Wildman–Crippen LogP) is 3.36. The van der Waals surface area contributed by atoms with Crippen LogP contribution in [0, 0.1) is 5.41 Å². The lowest BCUT2D eigenvalue weighted by Crippen LogP contribution is -2.47. The van der Waals surface area contributed by atoms with Crippen LogP contribution in [0.15, 0.2) is 24.3 Å². The van der Waals surface area contributed by atoms with Crippen LogP contribution in [0.5, 0.6) is 0 Å². The van der Waals surface area contributed by atoms with Gasteiger partial charge in [-0.1, -0.05) is 0 Å². The molecule has 1 aliphatic carbocycles. The van der Waals surface area contributed by atoms with Crippen molar-refractivity contribution in [3.05, 3.63) is 29.8 Å². The zero-order valence-corrected chi connectivity index (χ0v) is 12.3. The number of rotatable bonds is 1. The first kappa shape index (κ1) is 15.3. The summed E-state index contributed by atoms with van der Waals surface area (Å²) in [6, 6.07) is 4.62. The second kappa shape index (κ2) is 4.72. The summed E-state index contributed by atoms with van der Waals surface area (Å²) < 4.78 is 37.8. The van der Waals surface area contributed by atoms with Crippen LogP contribution in [0.4, 0.5) is 18.9 Å². The molecule has 3 nitrogen and oxygen atoms in total. The van der Waals surface area contributed by atoms with Gasteiger partial charge in [-0.15, -0.1) is 0 Å². The van der Waals surface area contributed by atoms with Crippen molar-refractivity contribution in [2.24, 2.45) is 5.41 Å². The number of hydrogen-bond acceptors (Lipinski definition) is 2. The average Bonchev–Trinajstić information content (AvgIpc) is 2.92. The molecular weight excluding hydrogens is 295 g/mol. The Morgan fingerprint density at radius 2 is 1.77 bits per heavy atom. The molecule has 1 spiro atoms. The molecule has 2 aliphatic rings. The van der Waals surface area contributed by atoms with E-state index in [1.54, 1.807) is 6.92 Å². The van der Waals surface area contributed by atoms with Crippen molar-refractivity contribution in [2.45, 2.75) is 44.4 Å². The molecule has 1 aromatic rings. The van der Waals surface area contributed by atoms with Gasteiger partial charge in [-0.3, -0.25) is 4.79 Å². The Morgan fingerprint density at radius 3 is 2.27 bits per heavy atom. The minimum Gasteiger partial charge on any atom is -0.389 e. The maximum Gasteiger partial charge on any atom is 0.416 e. The van der Waals surface area contributed by atoms with Crippen molar-refractivity contribution in [1.82, 2.24) is 0 Å². The highest BCUT2D eigenvalue weighted by molar-refractivity contribution is 6.01. The molecule has 6 heteroatoms. The van der Waals surface area contributed by atoms with E-state index >= 15 is 0 Å². The molecule has 1 heterocycles. The van der Waals surface area contributed by atoms with Crippen molar-refractivity contribution >= 4 is 11.6 Å². The van der Waals surface area contributed by atoms with E-state index in [9.17, 15) is 23.1 Å². The number of carbonyl (C=O) groups excluding carboxylic acids is 1. The van der Waals surface area contributed by atoms with Gasteiger partial charge in [-0.25, -0.2) is 0 Å². The summed E-state index contributed by atoms with van der Waals surface area (Å²) in [5.41, 5.74) is -2.09. The summed E-state index contributed by atoms with van der Waals surface area (Å²) in [6.45, 7) is 2.12. The van der Waals surface area contributed by atoms with E-state index in [0.717, 1.165) is 18.6 Å². The Morgan fingerprint density at radius 1 is 1.14 bits per heavy atom. The third kappa shape index (κ3) is 2.12. The number of aliphatic hydroxyl groups is 1. The smallest absolute Gasteiger partial charge is 0.389 e. The van der Waals surface area contributed by atoms with Crippen LogP contribution >= 0.6 is 0 Å². The van der Waals surface area contributed by atoms with E-state index < -0.39 is 22.8 Å². The molecule has 0 unspecified atom stereocenters. The fourth-order valence-electron chi connectivity index (χ4n) is 3.82. The quantitative estimate of drug-likeness (QED) is 0.863. The average molecular weight is 313 g/mol. The first-order valence-corrected chi connectivity index (χ1v) is 7.39. The molecule has 0 aromatic heterocycles. The number of alkyl halides is 3. The Labute approximate surface area is 126 Å². The van der Waals surface area contributed by atoms with Gasteiger partial charge in [-0.05, 0) is 56.9 Å². The Balaban J connectivity index is 1.87. The van der Waals surface area contributed by atoms with Gasteiger partial charge < -0.3 is 10.0 Å². The van der Waals surface area contributed by atoms with Crippen LogP contribution in [-0.2, 0) is 11.0 Å². The lowest BCUT2D eigenvalue weighted by Gasteiger charge is -2.34. The highest BCUT2D eigenvalue weighted by Gasteiger charge is 2.60. The Hall–Kier alpha value is -1.56. The third-order valence-electron chi connectivity index (χ3n) is 5.22. The van der Waals surface area contributed by atoms with Gasteiger partial charge in [0, 0.05) is 12.2 Å². The summed E-state index contributed by atoms with van der Waals surface area (Å²) in [6.07, 6.45) is -1.83. The highest BCUT2D eigenvalue weighted by Crippen LogP contribution is 2.53. The monoisotopic (exact) mass is 313 g/mol. The maximum atomic E-state index is 12.8. The minimum absolute atomic E-state index is 0.172. The van der Waals surface area contributed by atoms with Gasteiger partial charge in [0.05, 0.1) is 16.6 Å². The fraction of sp³-hybridized carbons (Fsp3) is 0.562. The van der Waals surface area contributed by atoms with Crippen molar-refractivity contribution in [1.29, 1.82) is 0 Å². The number of anilines is 1. The Bertz CT molecular complexity index is 594. The molecule has 120 valence electrons. The van der Waals surface area contributed by atoms with Gasteiger partial charge in [0.15, 0.2) is 0 Å². The van der Waals surface area contributed by atoms with Gasteiger partial charge >= 0.3 is 6.18 Å². The molecule has 1 amide bonds. The third-order valence-corrected chi connectivity index (χ3v) is 5.22. The van der Waals surface area contributed by atoms with E-state index in [-0.39, 0.29) is 5.91 Å². The number of benzene rings is 1. The normalized spacial score (nSPS) is 32.2. The van der Waals surface area contributed by atoms with Crippen molar-refractivity contribution < 1.29 is 23.1 Å². The number of halogens is 3. The molecule has 22 heavy (non-hydrogen) atoms. The summed E-state index contributed by atoms with van der Waals surface area (Å²) in [5, 5.41) is 10.5. The predicted molar refractivity (Wildman–Crippen MR) is 75.3 cm³/mol. The van der Waals surface area contributed by atoms with Crippen LogP contribution in [0.3, 0.4) is 0 Å². The summed E-state index contributed by atoms with van der Waals surface area (Å²) in [7, 11) is 0. The summed E-state index contributed by atoms with van der Waals surface area (Å²) in [5.74, 6) is -0.172. The lowest BCUT2D eigenvalue weighted by atomic mass is 9.74. The number of amides is 1. The van der Waals surface area contributed by atoms with E-state index in [0.29, 0.717) is 31.5 Å². The Kier molecular flexibility index (Phi) is 3.29. The zero-order chi connectivity index (χ0) is 16.2. The zero-order valence-electron chi connectivity index (χ0n) is 12.3. The molecule has 3 rings (SSSR count). The fourth-order valence-corrected chi connectivity index (χ4v) is 3.82. The second-order valence-electron chi connectivity index (χ2n) is 6.46. The summed E-state index contributed by atoms with van der Waals surface area (Å²) >= 11 is 0. The molecule has 1 N–H and O–H groups in total. The van der Waals surface area contributed by atoms with Crippen LogP contribution in [-0.4, -0.2) is 23.2 Å². The largest absolute Gasteiger partial charge is 0.416 e. The molecule has 0 radical (unpaired) electrons. The van der Waals surface area contributed by atoms with Gasteiger partial charge in [-0.2, -0.15) is 13.2 Å². The van der Waals surface area contributed by atoms with E-state index in [1.807, 2.05) is 0 Å². The molecule has 1 aromatic carbocycles. The summed E-state index contributed by atoms with van der Waals surface area (Å²) in [4.78, 5) is 14.3. The second-order valence-corrected chi connectivity index (χ2v) is 6.46. The van der Waals surface area contributed by atoms with Gasteiger partial charge in [0.1, 0.15) is 0 Å². The van der Waals surface area contributed by atoms with Crippen LogP contribution in [0.2, 0.25) is 0 Å². The molecule has 1 aliphatic heterocycles. The van der Waals surface area contributed by atoms with Crippen molar-refractivity contribution in [3.8, 4) is 0 Å². The number of hydrogen-bond donors (Lipinski definition) is 1. The van der Waals surface area contributed by atoms with E-state index in [4.69, 9.17) is 0 Å². The maximum absolute atomic E-state index is 12.8. The minimum atomic E-state index is -4.39. The molecular formula is C16H18F3NO2. The van der Waals surface area contributed by atoms with Crippen LogP contribution in [0.25, 0.3) is 0 Å². The molecule has 2 fully saturated rings. The van der Waals surface area contributed by atoms with Crippen molar-refractivity contribution in [2.75, 3.05) is 11.4 Å². The first-order chi connectivity index (χ1) is 10.2.